The summed E-state index contributed by atoms with van der Waals surface area (Å²) in [5, 5.41) is 1.92. The normalized spacial score (nSPS) is 11.7. The van der Waals surface area contributed by atoms with Crippen molar-refractivity contribution in [2.75, 3.05) is 0 Å². The Morgan fingerprint density at radius 3 is 2.35 bits per heavy atom. The van der Waals surface area contributed by atoms with Crippen LogP contribution in [0.25, 0.3) is 22.0 Å². The lowest BCUT2D eigenvalue weighted by Gasteiger charge is -2.08. The summed E-state index contributed by atoms with van der Waals surface area (Å²) in [7, 11) is 0. The number of rotatable bonds is 2. The maximum Gasteiger partial charge on any atom is 0.454 e. The molecule has 0 saturated carbocycles. The van der Waals surface area contributed by atoms with Gasteiger partial charge in [-0.1, -0.05) is 48.0 Å². The third kappa shape index (κ3) is 2.95. The smallest absolute Gasteiger partial charge is 0.284 e. The van der Waals surface area contributed by atoms with Crippen LogP contribution in [-0.4, -0.2) is 16.9 Å². The second kappa shape index (κ2) is 5.50. The molecule has 1 aromatic heterocycles. The fourth-order valence-corrected chi connectivity index (χ4v) is 2.47. The van der Waals surface area contributed by atoms with Gasteiger partial charge in [-0.2, -0.15) is 13.2 Å². The van der Waals surface area contributed by atoms with Crippen LogP contribution in [0.2, 0.25) is 0 Å². The average molecular weight is 315 g/mol. The monoisotopic (exact) mass is 315 g/mol. The van der Waals surface area contributed by atoms with Gasteiger partial charge in [0.1, 0.15) is 0 Å². The number of pyridine rings is 1. The van der Waals surface area contributed by atoms with Crippen molar-refractivity contribution >= 4 is 16.6 Å². The highest BCUT2D eigenvalue weighted by Gasteiger charge is 2.39. The Bertz CT molecular complexity index is 883. The number of nitrogens with zero attached hydrogens (tertiary/aromatic N) is 1. The minimum absolute atomic E-state index is 0.377. The van der Waals surface area contributed by atoms with Crippen molar-refractivity contribution in [3.8, 4) is 11.3 Å². The molecular formula is C18H12F3NO. The lowest BCUT2D eigenvalue weighted by molar-refractivity contribution is -0.0885. The van der Waals surface area contributed by atoms with Crippen molar-refractivity contribution in [3.63, 3.8) is 0 Å². The fourth-order valence-electron chi connectivity index (χ4n) is 2.47. The van der Waals surface area contributed by atoms with Gasteiger partial charge in [0, 0.05) is 22.7 Å². The van der Waals surface area contributed by atoms with E-state index in [0.29, 0.717) is 11.3 Å². The van der Waals surface area contributed by atoms with Gasteiger partial charge in [0.15, 0.2) is 0 Å². The quantitative estimate of drug-likeness (QED) is 0.626. The fraction of sp³-hybridized carbons (Fsp3) is 0.111. The van der Waals surface area contributed by atoms with Gasteiger partial charge in [0.2, 0.25) is 0 Å². The van der Waals surface area contributed by atoms with E-state index in [-0.39, 0.29) is 5.56 Å². The van der Waals surface area contributed by atoms with Crippen LogP contribution in [0.3, 0.4) is 0 Å². The molecule has 5 heteroatoms. The summed E-state index contributed by atoms with van der Waals surface area (Å²) in [6.45, 7) is 1.98. The molecule has 3 rings (SSSR count). The van der Waals surface area contributed by atoms with Gasteiger partial charge in [-0.25, -0.2) is 0 Å². The van der Waals surface area contributed by atoms with Crippen LogP contribution in [0.4, 0.5) is 13.2 Å². The van der Waals surface area contributed by atoms with Crippen LogP contribution < -0.4 is 0 Å². The third-order valence-corrected chi connectivity index (χ3v) is 3.60. The number of Topliss-reactive ketones (excluding diaryl/α,β-unsaturated/α-hetero) is 1. The van der Waals surface area contributed by atoms with Crippen molar-refractivity contribution in [3.05, 3.63) is 65.9 Å². The van der Waals surface area contributed by atoms with Crippen molar-refractivity contribution in [1.82, 2.24) is 4.98 Å². The molecule has 0 aliphatic rings. The molecule has 0 amide bonds. The van der Waals surface area contributed by atoms with Crippen LogP contribution in [0, 0.1) is 6.92 Å². The molecule has 0 saturated heterocycles. The molecule has 0 aliphatic carbocycles. The summed E-state index contributed by atoms with van der Waals surface area (Å²) in [5.41, 5.74) is 2.07. The number of fused-ring (bicyclic) bond motifs is 1. The molecule has 3 aromatic rings. The maximum atomic E-state index is 12.4. The molecule has 2 nitrogen and oxygen atoms in total. The second-order valence-corrected chi connectivity index (χ2v) is 5.29. The zero-order chi connectivity index (χ0) is 16.6. The van der Waals surface area contributed by atoms with E-state index in [2.05, 4.69) is 4.98 Å². The number of carbonyl (C=O) groups excluding carboxylic acids is 1. The van der Waals surface area contributed by atoms with Crippen LogP contribution >= 0.6 is 0 Å². The number of hydrogen-bond donors (Lipinski definition) is 0. The molecule has 0 aliphatic heterocycles. The molecule has 2 aromatic carbocycles. The minimum atomic E-state index is -4.86. The standard InChI is InChI=1S/C18H12F3NO/c1-11-2-7-15-14(10-11)8-9-22-16(15)12-3-5-13(6-4-12)17(23)18(19,20)21/h2-10H,1H3. The summed E-state index contributed by atoms with van der Waals surface area (Å²) in [6, 6.07) is 13.1. The molecule has 116 valence electrons. The number of alkyl halides is 3. The van der Waals surface area contributed by atoms with Crippen LogP contribution in [0.15, 0.2) is 54.7 Å². The van der Waals surface area contributed by atoms with Crippen LogP contribution in [-0.2, 0) is 0 Å². The predicted molar refractivity (Wildman–Crippen MR) is 82.3 cm³/mol. The van der Waals surface area contributed by atoms with Gasteiger partial charge in [-0.3, -0.25) is 9.78 Å². The number of aromatic nitrogens is 1. The highest BCUT2D eigenvalue weighted by molar-refractivity contribution is 6.01. The molecule has 0 spiro atoms. The molecule has 0 radical (unpaired) electrons. The van der Waals surface area contributed by atoms with E-state index in [1.807, 2.05) is 31.2 Å². The summed E-state index contributed by atoms with van der Waals surface area (Å²) in [4.78, 5) is 15.5. The summed E-state index contributed by atoms with van der Waals surface area (Å²) in [5.74, 6) is -1.84. The van der Waals surface area contributed by atoms with Gasteiger partial charge in [-0.15, -0.1) is 0 Å². The highest BCUT2D eigenvalue weighted by atomic mass is 19.4. The first kappa shape index (κ1) is 15.2. The van der Waals surface area contributed by atoms with E-state index >= 15 is 0 Å². The zero-order valence-corrected chi connectivity index (χ0v) is 12.2. The first-order valence-corrected chi connectivity index (χ1v) is 6.93. The number of aryl methyl sites for hydroxylation is 1. The molecule has 0 N–H and O–H groups in total. The Labute approximate surface area is 130 Å². The van der Waals surface area contributed by atoms with Crippen LogP contribution in [0.5, 0.6) is 0 Å². The van der Waals surface area contributed by atoms with Gasteiger partial charge in [0.25, 0.3) is 5.78 Å². The topological polar surface area (TPSA) is 30.0 Å². The summed E-state index contributed by atoms with van der Waals surface area (Å²) >= 11 is 0. The first-order chi connectivity index (χ1) is 10.9. The Balaban J connectivity index is 2.05. The number of benzene rings is 2. The molecular weight excluding hydrogens is 303 g/mol. The lowest BCUT2D eigenvalue weighted by Crippen LogP contribution is -2.22. The molecule has 1 heterocycles. The molecule has 0 unspecified atom stereocenters. The number of halogens is 3. The Kier molecular flexibility index (Phi) is 3.64. The van der Waals surface area contributed by atoms with Gasteiger partial charge in [0.05, 0.1) is 5.69 Å². The molecule has 0 fully saturated rings. The second-order valence-electron chi connectivity index (χ2n) is 5.29. The van der Waals surface area contributed by atoms with E-state index in [4.69, 9.17) is 0 Å². The Morgan fingerprint density at radius 1 is 1.00 bits per heavy atom. The van der Waals surface area contributed by atoms with Gasteiger partial charge >= 0.3 is 6.18 Å². The van der Waals surface area contributed by atoms with E-state index < -0.39 is 12.0 Å². The Hall–Kier alpha value is -2.69. The SMILES string of the molecule is Cc1ccc2c(-c3ccc(C(=O)C(F)(F)F)cc3)nccc2c1. The van der Waals surface area contributed by atoms with Crippen molar-refractivity contribution in [2.24, 2.45) is 0 Å². The zero-order valence-electron chi connectivity index (χ0n) is 12.2. The Morgan fingerprint density at radius 2 is 1.70 bits per heavy atom. The maximum absolute atomic E-state index is 12.4. The molecule has 23 heavy (non-hydrogen) atoms. The minimum Gasteiger partial charge on any atom is -0.284 e. The predicted octanol–water partition coefficient (Wildman–Crippen LogP) is 4.96. The summed E-state index contributed by atoms with van der Waals surface area (Å²) in [6.07, 6.45) is -3.21. The van der Waals surface area contributed by atoms with Crippen molar-refractivity contribution in [1.29, 1.82) is 0 Å². The number of carbonyl (C=O) groups is 1. The van der Waals surface area contributed by atoms with Crippen molar-refractivity contribution in [2.45, 2.75) is 13.1 Å². The van der Waals surface area contributed by atoms with Crippen molar-refractivity contribution < 1.29 is 18.0 Å². The van der Waals surface area contributed by atoms with Crippen LogP contribution in [0.1, 0.15) is 15.9 Å². The largest absolute Gasteiger partial charge is 0.454 e. The summed E-state index contributed by atoms with van der Waals surface area (Å²) < 4.78 is 37.3. The molecule has 0 bridgehead atoms. The molecule has 0 atom stereocenters. The average Bonchev–Trinajstić information content (AvgIpc) is 2.52. The number of ketones is 1. The van der Waals surface area contributed by atoms with E-state index in [1.165, 1.54) is 24.3 Å². The van der Waals surface area contributed by atoms with Gasteiger partial charge < -0.3 is 0 Å². The number of hydrogen-bond acceptors (Lipinski definition) is 2. The van der Waals surface area contributed by atoms with E-state index in [0.717, 1.165) is 16.3 Å². The first-order valence-electron chi connectivity index (χ1n) is 6.93. The van der Waals surface area contributed by atoms with Gasteiger partial charge in [-0.05, 0) is 18.4 Å². The lowest BCUT2D eigenvalue weighted by atomic mass is 10.0. The van der Waals surface area contributed by atoms with E-state index in [9.17, 15) is 18.0 Å². The van der Waals surface area contributed by atoms with E-state index in [1.54, 1.807) is 6.20 Å². The third-order valence-electron chi connectivity index (χ3n) is 3.60. The highest BCUT2D eigenvalue weighted by Crippen LogP contribution is 2.28.